The number of nitrogens with two attached hydrogens (primary N) is 1. The summed E-state index contributed by atoms with van der Waals surface area (Å²) < 4.78 is 60.9. The Hall–Kier alpha value is -2.94. The molecule has 2 aromatic rings. The molecule has 0 aromatic heterocycles. The highest BCUT2D eigenvalue weighted by atomic mass is 19.2. The molecule has 1 aliphatic rings. The lowest BCUT2D eigenvalue weighted by Crippen LogP contribution is -2.50. The van der Waals surface area contributed by atoms with E-state index < -0.39 is 61.0 Å². The number of hydrogen-bond acceptors (Lipinski definition) is 4. The summed E-state index contributed by atoms with van der Waals surface area (Å²) in [7, 11) is 1.18. The van der Waals surface area contributed by atoms with Gasteiger partial charge in [-0.05, 0) is 23.1 Å². The summed E-state index contributed by atoms with van der Waals surface area (Å²) in [6.45, 7) is 0. The number of carbonyl (C=O) groups excluding carboxylic acids is 2. The van der Waals surface area contributed by atoms with Gasteiger partial charge in [0.25, 0.3) is 0 Å². The van der Waals surface area contributed by atoms with E-state index in [-0.39, 0.29) is 18.4 Å². The van der Waals surface area contributed by atoms with E-state index in [1.807, 2.05) is 30.3 Å². The first kappa shape index (κ1) is 25.7. The average molecular weight is 481 g/mol. The molecular formula is C25H28F4N2O3. The summed E-state index contributed by atoms with van der Waals surface area (Å²) in [5, 5.41) is 2.58. The number of alkyl halides is 4. The number of benzene rings is 2. The van der Waals surface area contributed by atoms with Crippen molar-refractivity contribution in [2.24, 2.45) is 5.73 Å². The number of methoxy groups -OCH3 is 1. The van der Waals surface area contributed by atoms with Gasteiger partial charge in [0.1, 0.15) is 30.7 Å². The van der Waals surface area contributed by atoms with E-state index in [2.05, 4.69) is 5.32 Å². The number of nitrogens with one attached hydrogen (secondary N) is 1. The zero-order valence-corrected chi connectivity index (χ0v) is 18.7. The van der Waals surface area contributed by atoms with Gasteiger partial charge in [0.15, 0.2) is 0 Å². The number of halogens is 4. The van der Waals surface area contributed by atoms with Crippen LogP contribution in [0.1, 0.15) is 29.0 Å². The fourth-order valence-electron chi connectivity index (χ4n) is 4.16. The Morgan fingerprint density at radius 1 is 0.941 bits per heavy atom. The Bertz CT molecular complexity index is 946. The molecule has 0 radical (unpaired) electrons. The Balaban J connectivity index is 1.68. The minimum Gasteiger partial charge on any atom is -0.467 e. The molecule has 0 aliphatic heterocycles. The van der Waals surface area contributed by atoms with Crippen LogP contribution in [0.5, 0.6) is 0 Å². The first-order chi connectivity index (χ1) is 16.2. The molecule has 1 fully saturated rings. The van der Waals surface area contributed by atoms with Gasteiger partial charge >= 0.3 is 5.97 Å². The molecule has 3 rings (SSSR count). The van der Waals surface area contributed by atoms with E-state index in [0.717, 1.165) is 5.56 Å². The van der Waals surface area contributed by atoms with Gasteiger partial charge in [-0.1, -0.05) is 54.6 Å². The van der Waals surface area contributed by atoms with Crippen molar-refractivity contribution in [3.05, 3.63) is 71.3 Å². The molecular weight excluding hydrogens is 452 g/mol. The van der Waals surface area contributed by atoms with Crippen LogP contribution in [0.2, 0.25) is 0 Å². The predicted octanol–water partition coefficient (Wildman–Crippen LogP) is 3.30. The summed E-state index contributed by atoms with van der Waals surface area (Å²) >= 11 is 0. The number of amides is 1. The maximum atomic E-state index is 14.3. The highest BCUT2D eigenvalue weighted by molar-refractivity contribution is 5.87. The molecule has 9 heteroatoms. The molecule has 0 saturated heterocycles. The normalized spacial score (nSPS) is 26.4. The molecule has 0 spiro atoms. The van der Waals surface area contributed by atoms with Crippen molar-refractivity contribution >= 4 is 11.9 Å². The molecule has 1 amide bonds. The minimum absolute atomic E-state index is 0.0248. The van der Waals surface area contributed by atoms with E-state index in [1.54, 1.807) is 0 Å². The van der Waals surface area contributed by atoms with Gasteiger partial charge in [0.05, 0.1) is 19.1 Å². The van der Waals surface area contributed by atoms with Crippen molar-refractivity contribution in [3.63, 3.8) is 0 Å². The Morgan fingerprint density at radius 2 is 1.50 bits per heavy atom. The lowest BCUT2D eigenvalue weighted by molar-refractivity contribution is -0.145. The van der Waals surface area contributed by atoms with Gasteiger partial charge in [0.2, 0.25) is 5.91 Å². The molecule has 0 bridgehead atoms. The topological polar surface area (TPSA) is 81.4 Å². The zero-order valence-electron chi connectivity index (χ0n) is 18.7. The van der Waals surface area contributed by atoms with Crippen molar-refractivity contribution in [1.29, 1.82) is 0 Å². The van der Waals surface area contributed by atoms with Gasteiger partial charge in [-0.3, -0.25) is 4.79 Å². The van der Waals surface area contributed by atoms with Crippen LogP contribution in [0.25, 0.3) is 0 Å². The zero-order chi connectivity index (χ0) is 24.8. The fraction of sp³-hybridized carbons (Fsp3) is 0.440. The first-order valence-corrected chi connectivity index (χ1v) is 11.0. The Labute approximate surface area is 195 Å². The molecule has 1 saturated carbocycles. The van der Waals surface area contributed by atoms with E-state index in [1.165, 1.54) is 31.4 Å². The molecule has 34 heavy (non-hydrogen) atoms. The lowest BCUT2D eigenvalue weighted by Gasteiger charge is -2.34. The fourth-order valence-corrected chi connectivity index (χ4v) is 4.16. The maximum absolute atomic E-state index is 14.3. The quantitative estimate of drug-likeness (QED) is 0.449. The van der Waals surface area contributed by atoms with Crippen LogP contribution in [-0.4, -0.2) is 55.8 Å². The summed E-state index contributed by atoms with van der Waals surface area (Å²) in [5.74, 6) is -2.79. The van der Waals surface area contributed by atoms with Crippen molar-refractivity contribution in [2.45, 2.75) is 62.0 Å². The average Bonchev–Trinajstić information content (AvgIpc) is 2.83. The maximum Gasteiger partial charge on any atom is 0.328 e. The second-order valence-corrected chi connectivity index (χ2v) is 8.51. The number of ether oxygens (including phenoxy) is 1. The number of esters is 1. The van der Waals surface area contributed by atoms with Crippen LogP contribution in [0.3, 0.4) is 0 Å². The summed E-state index contributed by atoms with van der Waals surface area (Å²) in [6, 6.07) is 13.0. The Kier molecular flexibility index (Phi) is 8.66. The SMILES string of the molecule is COC(=O)[C@H](Cc1ccc(C2[C@@H](F)[C@@H](F)C[C@@H](F)[C@H]2F)cc1)NC(=O)[C@@H](N)Cc1ccccc1. The smallest absolute Gasteiger partial charge is 0.328 e. The Morgan fingerprint density at radius 3 is 2.06 bits per heavy atom. The summed E-state index contributed by atoms with van der Waals surface area (Å²) in [5.41, 5.74) is 7.52. The van der Waals surface area contributed by atoms with Gasteiger partial charge in [0, 0.05) is 12.8 Å². The molecule has 0 heterocycles. The first-order valence-electron chi connectivity index (χ1n) is 11.0. The third kappa shape index (κ3) is 6.14. The molecule has 7 atom stereocenters. The molecule has 1 unspecified atom stereocenters. The van der Waals surface area contributed by atoms with Crippen LogP contribution in [0.4, 0.5) is 17.6 Å². The van der Waals surface area contributed by atoms with Crippen LogP contribution in [0, 0.1) is 0 Å². The lowest BCUT2D eigenvalue weighted by atomic mass is 9.79. The molecule has 2 aromatic carbocycles. The van der Waals surface area contributed by atoms with Crippen molar-refractivity contribution in [2.75, 3.05) is 7.11 Å². The van der Waals surface area contributed by atoms with E-state index in [4.69, 9.17) is 10.5 Å². The van der Waals surface area contributed by atoms with Gasteiger partial charge in [-0.15, -0.1) is 0 Å². The number of hydrogen-bond donors (Lipinski definition) is 2. The van der Waals surface area contributed by atoms with E-state index in [0.29, 0.717) is 5.56 Å². The van der Waals surface area contributed by atoms with Crippen molar-refractivity contribution in [3.8, 4) is 0 Å². The van der Waals surface area contributed by atoms with Gasteiger partial charge < -0.3 is 15.8 Å². The van der Waals surface area contributed by atoms with Crippen LogP contribution in [0.15, 0.2) is 54.6 Å². The minimum atomic E-state index is -2.15. The largest absolute Gasteiger partial charge is 0.467 e. The highest BCUT2D eigenvalue weighted by Gasteiger charge is 2.47. The highest BCUT2D eigenvalue weighted by Crippen LogP contribution is 2.40. The third-order valence-electron chi connectivity index (χ3n) is 6.07. The number of rotatable bonds is 8. The molecule has 184 valence electrons. The molecule has 3 N–H and O–H groups in total. The van der Waals surface area contributed by atoms with Crippen LogP contribution < -0.4 is 11.1 Å². The third-order valence-corrected chi connectivity index (χ3v) is 6.07. The van der Waals surface area contributed by atoms with Gasteiger partial charge in [-0.25, -0.2) is 22.4 Å². The monoisotopic (exact) mass is 480 g/mol. The summed E-state index contributed by atoms with van der Waals surface area (Å²) in [4.78, 5) is 24.8. The standard InChI is InChI=1S/C25H28F4N2O3/c1-34-25(33)20(31-24(32)19(30)11-14-5-3-2-4-6-14)12-15-7-9-16(10-8-15)21-22(28)17(26)13-18(27)23(21)29/h2-10,17-23H,11-13,30H2,1H3,(H,31,32)/t17-,18+,19-,20-,21?,22-,23+/m0/s1. The molecule has 5 nitrogen and oxygen atoms in total. The van der Waals surface area contributed by atoms with Crippen molar-refractivity contribution in [1.82, 2.24) is 5.32 Å². The van der Waals surface area contributed by atoms with Crippen LogP contribution >= 0.6 is 0 Å². The predicted molar refractivity (Wildman–Crippen MR) is 119 cm³/mol. The summed E-state index contributed by atoms with van der Waals surface area (Å²) in [6.07, 6.45) is -8.96. The van der Waals surface area contributed by atoms with Gasteiger partial charge in [-0.2, -0.15) is 0 Å². The van der Waals surface area contributed by atoms with E-state index >= 15 is 0 Å². The van der Waals surface area contributed by atoms with E-state index in [9.17, 15) is 27.2 Å². The van der Waals surface area contributed by atoms with Crippen LogP contribution in [-0.2, 0) is 27.2 Å². The second-order valence-electron chi connectivity index (χ2n) is 8.51. The second kappa shape index (κ2) is 11.5. The molecule has 1 aliphatic carbocycles. The van der Waals surface area contributed by atoms with Crippen molar-refractivity contribution < 1.29 is 31.9 Å². The number of carbonyl (C=O) groups is 2.